The maximum atomic E-state index is 12.5. The lowest BCUT2D eigenvalue weighted by Gasteiger charge is -2.17. The zero-order valence-electron chi connectivity index (χ0n) is 10.8. The number of para-hydroxylation sites is 1. The van der Waals surface area contributed by atoms with E-state index in [1.165, 1.54) is 24.3 Å². The number of carbonyl (C=O) groups is 1. The lowest BCUT2D eigenvalue weighted by atomic mass is 10.0. The monoisotopic (exact) mass is 355 g/mol. The van der Waals surface area contributed by atoms with Gasteiger partial charge in [-0.15, -0.1) is 0 Å². The van der Waals surface area contributed by atoms with Crippen LogP contribution >= 0.6 is 15.9 Å². The molecule has 21 heavy (non-hydrogen) atoms. The molecule has 2 rings (SSSR count). The zero-order chi connectivity index (χ0) is 15.4. The van der Waals surface area contributed by atoms with E-state index in [4.69, 9.17) is 0 Å². The van der Waals surface area contributed by atoms with Crippen molar-refractivity contribution in [3.63, 3.8) is 0 Å². The smallest absolute Gasteiger partial charge is 0.330 e. The number of rotatable bonds is 5. The number of nitrogens with one attached hydrogen (secondary N) is 1. The lowest BCUT2D eigenvalue weighted by molar-refractivity contribution is -0.138. The Balaban J connectivity index is 2.27. The molecule has 0 aliphatic rings. The van der Waals surface area contributed by atoms with Crippen molar-refractivity contribution in [1.29, 1.82) is 0 Å². The Morgan fingerprint density at radius 2 is 1.62 bits per heavy atom. The fraction of sp³-hybridized carbons (Fsp3) is 0.133. The Labute approximate surface area is 128 Å². The second-order valence-corrected chi connectivity index (χ2v) is 5.22. The maximum Gasteiger partial charge on any atom is 0.330 e. The van der Waals surface area contributed by atoms with Crippen LogP contribution in [0.1, 0.15) is 23.6 Å². The van der Waals surface area contributed by atoms with Crippen molar-refractivity contribution in [2.45, 2.75) is 12.5 Å². The molecule has 0 spiro atoms. The molecule has 6 heteroatoms. The van der Waals surface area contributed by atoms with Crippen LogP contribution < -0.4 is 5.32 Å². The second-order valence-electron chi connectivity index (χ2n) is 4.36. The van der Waals surface area contributed by atoms with E-state index in [1.54, 1.807) is 18.2 Å². The first-order valence-electron chi connectivity index (χ1n) is 6.11. The van der Waals surface area contributed by atoms with Gasteiger partial charge in [0.1, 0.15) is 0 Å². The van der Waals surface area contributed by atoms with Gasteiger partial charge in [0.2, 0.25) is 0 Å². The van der Waals surface area contributed by atoms with Crippen molar-refractivity contribution in [3.05, 3.63) is 64.1 Å². The molecule has 1 atom stereocenters. The summed E-state index contributed by atoms with van der Waals surface area (Å²) in [5, 5.41) is 12.2. The van der Waals surface area contributed by atoms with E-state index in [2.05, 4.69) is 21.2 Å². The molecule has 1 unspecified atom stereocenters. The average molecular weight is 356 g/mol. The highest BCUT2D eigenvalue weighted by Crippen LogP contribution is 2.27. The van der Waals surface area contributed by atoms with E-state index < -0.39 is 18.4 Å². The molecule has 3 nitrogen and oxygen atoms in total. The van der Waals surface area contributed by atoms with Gasteiger partial charge < -0.3 is 10.4 Å². The van der Waals surface area contributed by atoms with Crippen LogP contribution in [-0.2, 0) is 4.79 Å². The minimum atomic E-state index is -2.57. The summed E-state index contributed by atoms with van der Waals surface area (Å²) in [5.74, 6) is -1.09. The minimum absolute atomic E-state index is 0.135. The van der Waals surface area contributed by atoms with Crippen LogP contribution in [0.5, 0.6) is 0 Å². The van der Waals surface area contributed by atoms with E-state index in [-0.39, 0.29) is 5.56 Å². The van der Waals surface area contributed by atoms with Crippen molar-refractivity contribution in [3.8, 4) is 0 Å². The first-order valence-corrected chi connectivity index (χ1v) is 6.90. The molecular formula is C15H12BrF2NO2. The normalized spacial score (nSPS) is 12.2. The number of aliphatic carboxylic acids is 1. The highest BCUT2D eigenvalue weighted by molar-refractivity contribution is 9.10. The number of alkyl halides is 2. The molecule has 2 aromatic carbocycles. The first kappa shape index (κ1) is 15.4. The molecule has 0 aliphatic carbocycles. The number of anilines is 1. The van der Waals surface area contributed by atoms with Crippen LogP contribution in [0.4, 0.5) is 14.5 Å². The number of halogens is 3. The molecule has 0 bridgehead atoms. The van der Waals surface area contributed by atoms with Gasteiger partial charge >= 0.3 is 5.97 Å². The molecule has 0 fully saturated rings. The van der Waals surface area contributed by atoms with E-state index >= 15 is 0 Å². The molecule has 0 amide bonds. The lowest BCUT2D eigenvalue weighted by Crippen LogP contribution is -2.20. The summed E-state index contributed by atoms with van der Waals surface area (Å²) in [6, 6.07) is 11.3. The zero-order valence-corrected chi connectivity index (χ0v) is 12.3. The van der Waals surface area contributed by atoms with Gasteiger partial charge in [-0.1, -0.05) is 36.4 Å². The third kappa shape index (κ3) is 3.78. The summed E-state index contributed by atoms with van der Waals surface area (Å²) in [6.07, 6.45) is -2.57. The van der Waals surface area contributed by atoms with Crippen LogP contribution in [0.25, 0.3) is 0 Å². The number of carboxylic acids is 1. The quantitative estimate of drug-likeness (QED) is 0.822. The van der Waals surface area contributed by atoms with E-state index in [1.807, 2.05) is 6.07 Å². The highest BCUT2D eigenvalue weighted by atomic mass is 79.9. The molecule has 0 saturated carbocycles. The predicted molar refractivity (Wildman–Crippen MR) is 79.5 cm³/mol. The van der Waals surface area contributed by atoms with Gasteiger partial charge in [-0.05, 0) is 33.6 Å². The Hall–Kier alpha value is -1.95. The van der Waals surface area contributed by atoms with Gasteiger partial charge in [-0.25, -0.2) is 13.6 Å². The number of hydrogen-bond acceptors (Lipinski definition) is 2. The van der Waals surface area contributed by atoms with Crippen LogP contribution in [0.15, 0.2) is 53.0 Å². The molecule has 0 saturated heterocycles. The summed E-state index contributed by atoms with van der Waals surface area (Å²) >= 11 is 3.32. The Bertz CT molecular complexity index is 632. The molecule has 2 N–H and O–H groups in total. The number of benzene rings is 2. The van der Waals surface area contributed by atoms with Gasteiger partial charge in [0.25, 0.3) is 6.43 Å². The second kappa shape index (κ2) is 6.67. The third-order valence-electron chi connectivity index (χ3n) is 2.94. The minimum Gasteiger partial charge on any atom is -0.479 e. The molecule has 0 aliphatic heterocycles. The molecule has 2 aromatic rings. The van der Waals surface area contributed by atoms with Crippen molar-refractivity contribution >= 4 is 27.6 Å². The van der Waals surface area contributed by atoms with Crippen molar-refractivity contribution in [2.75, 3.05) is 5.32 Å². The van der Waals surface area contributed by atoms with Gasteiger partial charge in [0.15, 0.2) is 6.04 Å². The van der Waals surface area contributed by atoms with Gasteiger partial charge in [0.05, 0.1) is 0 Å². The standard InChI is InChI=1S/C15H12BrF2NO2/c16-11-3-1-2-4-12(11)19-13(15(20)21)9-5-7-10(8-6-9)14(17)18/h1-8,13-14,19H,(H,20,21). The molecule has 0 radical (unpaired) electrons. The van der Waals surface area contributed by atoms with Crippen LogP contribution in [0.3, 0.4) is 0 Å². The van der Waals surface area contributed by atoms with Gasteiger partial charge in [-0.3, -0.25) is 0 Å². The van der Waals surface area contributed by atoms with Gasteiger partial charge in [0, 0.05) is 15.7 Å². The van der Waals surface area contributed by atoms with Crippen molar-refractivity contribution in [1.82, 2.24) is 0 Å². The summed E-state index contributed by atoms with van der Waals surface area (Å²) in [4.78, 5) is 11.4. The summed E-state index contributed by atoms with van der Waals surface area (Å²) in [5.41, 5.74) is 0.884. The van der Waals surface area contributed by atoms with Crippen molar-refractivity contribution in [2.24, 2.45) is 0 Å². The Kier molecular flexibility index (Phi) is 4.90. The molecule has 0 heterocycles. The summed E-state index contributed by atoms with van der Waals surface area (Å²) in [7, 11) is 0. The Morgan fingerprint density at radius 1 is 1.05 bits per heavy atom. The maximum absolute atomic E-state index is 12.5. The van der Waals surface area contributed by atoms with Crippen molar-refractivity contribution < 1.29 is 18.7 Å². The first-order chi connectivity index (χ1) is 9.99. The summed E-state index contributed by atoms with van der Waals surface area (Å²) < 4.78 is 25.8. The van der Waals surface area contributed by atoms with Crippen LogP contribution in [0, 0.1) is 0 Å². The topological polar surface area (TPSA) is 49.3 Å². The molecule has 0 aromatic heterocycles. The van der Waals surface area contributed by atoms with Crippen LogP contribution in [-0.4, -0.2) is 11.1 Å². The Morgan fingerprint density at radius 3 is 2.14 bits per heavy atom. The predicted octanol–water partition coefficient (Wildman–Crippen LogP) is 4.62. The molecule has 110 valence electrons. The number of hydrogen-bond donors (Lipinski definition) is 2. The largest absolute Gasteiger partial charge is 0.479 e. The van der Waals surface area contributed by atoms with E-state index in [0.717, 1.165) is 4.47 Å². The van der Waals surface area contributed by atoms with E-state index in [0.29, 0.717) is 11.3 Å². The fourth-order valence-electron chi connectivity index (χ4n) is 1.86. The van der Waals surface area contributed by atoms with E-state index in [9.17, 15) is 18.7 Å². The third-order valence-corrected chi connectivity index (χ3v) is 3.63. The highest BCUT2D eigenvalue weighted by Gasteiger charge is 2.21. The molecular weight excluding hydrogens is 344 g/mol. The SMILES string of the molecule is O=C(O)C(Nc1ccccc1Br)c1ccc(C(F)F)cc1. The number of carboxylic acid groups (broad SMARTS) is 1. The van der Waals surface area contributed by atoms with Crippen LogP contribution in [0.2, 0.25) is 0 Å². The summed E-state index contributed by atoms with van der Waals surface area (Å²) in [6.45, 7) is 0. The van der Waals surface area contributed by atoms with Gasteiger partial charge in [-0.2, -0.15) is 0 Å². The average Bonchev–Trinajstić information content (AvgIpc) is 2.46. The fourth-order valence-corrected chi connectivity index (χ4v) is 2.25.